The molecule has 2 aromatic rings. The number of benzene rings is 1. The third-order valence-corrected chi connectivity index (χ3v) is 7.45. The summed E-state index contributed by atoms with van der Waals surface area (Å²) in [6, 6.07) is 0. The van der Waals surface area contributed by atoms with E-state index in [2.05, 4.69) is 25.8 Å². The molecular weight excluding hydrogens is 402 g/mol. The summed E-state index contributed by atoms with van der Waals surface area (Å²) < 4.78 is 31.2. The predicted molar refractivity (Wildman–Crippen MR) is 105 cm³/mol. The number of hydrogen-bond donors (Lipinski definition) is 1. The van der Waals surface area contributed by atoms with Crippen molar-refractivity contribution in [3.05, 3.63) is 44.2 Å². The Morgan fingerprint density at radius 1 is 1.00 bits per heavy atom. The van der Waals surface area contributed by atoms with Crippen molar-refractivity contribution >= 4 is 26.0 Å². The first-order chi connectivity index (χ1) is 11.6. The summed E-state index contributed by atoms with van der Waals surface area (Å²) in [6.07, 6.45) is 2.58. The van der Waals surface area contributed by atoms with Crippen LogP contribution in [0.3, 0.4) is 0 Å². The monoisotopic (exact) mass is 427 g/mol. The van der Waals surface area contributed by atoms with Crippen molar-refractivity contribution in [1.82, 2.24) is 14.5 Å². The fourth-order valence-electron chi connectivity index (χ4n) is 3.00. The van der Waals surface area contributed by atoms with E-state index in [1.807, 2.05) is 52.4 Å². The van der Waals surface area contributed by atoms with Gasteiger partial charge in [-0.25, -0.2) is 13.1 Å². The van der Waals surface area contributed by atoms with Crippen LogP contribution in [-0.4, -0.2) is 24.7 Å². The minimum absolute atomic E-state index is 0.379. The van der Waals surface area contributed by atoms with E-state index < -0.39 is 10.0 Å². The van der Waals surface area contributed by atoms with E-state index in [0.29, 0.717) is 24.4 Å². The third kappa shape index (κ3) is 4.15. The maximum Gasteiger partial charge on any atom is 0.241 e. The van der Waals surface area contributed by atoms with Gasteiger partial charge >= 0.3 is 0 Å². The molecule has 0 saturated heterocycles. The second kappa shape index (κ2) is 7.60. The van der Waals surface area contributed by atoms with E-state index in [1.54, 1.807) is 0 Å². The number of rotatable bonds is 6. The smallest absolute Gasteiger partial charge is 0.241 e. The maximum absolute atomic E-state index is 12.8. The topological polar surface area (TPSA) is 64.0 Å². The molecule has 1 aromatic carbocycles. The van der Waals surface area contributed by atoms with Crippen molar-refractivity contribution in [2.75, 3.05) is 6.54 Å². The van der Waals surface area contributed by atoms with Crippen LogP contribution in [0, 0.1) is 41.5 Å². The van der Waals surface area contributed by atoms with Crippen molar-refractivity contribution in [2.45, 2.75) is 59.4 Å². The molecule has 1 aromatic heterocycles. The van der Waals surface area contributed by atoms with Gasteiger partial charge in [-0.3, -0.25) is 4.68 Å². The summed E-state index contributed by atoms with van der Waals surface area (Å²) in [5.41, 5.74) is 5.84. The Kier molecular flexibility index (Phi) is 6.12. The van der Waals surface area contributed by atoms with Gasteiger partial charge in [0, 0.05) is 19.3 Å². The highest BCUT2D eigenvalue weighted by Gasteiger charge is 2.23. The van der Waals surface area contributed by atoms with Crippen LogP contribution in [0.1, 0.15) is 39.9 Å². The van der Waals surface area contributed by atoms with Gasteiger partial charge < -0.3 is 0 Å². The lowest BCUT2D eigenvalue weighted by molar-refractivity contribution is 0.550. The van der Waals surface area contributed by atoms with Gasteiger partial charge in [0.15, 0.2) is 0 Å². The molecule has 5 nitrogen and oxygen atoms in total. The van der Waals surface area contributed by atoms with Crippen molar-refractivity contribution < 1.29 is 8.42 Å². The molecule has 0 atom stereocenters. The van der Waals surface area contributed by atoms with E-state index in [1.165, 1.54) is 0 Å². The zero-order chi connectivity index (χ0) is 18.9. The molecule has 0 radical (unpaired) electrons. The van der Waals surface area contributed by atoms with Gasteiger partial charge in [0.25, 0.3) is 0 Å². The molecule has 138 valence electrons. The molecule has 7 heteroatoms. The molecule has 25 heavy (non-hydrogen) atoms. The second-order valence-electron chi connectivity index (χ2n) is 6.53. The van der Waals surface area contributed by atoms with Gasteiger partial charge in [0.1, 0.15) is 0 Å². The van der Waals surface area contributed by atoms with Crippen LogP contribution >= 0.6 is 15.9 Å². The van der Waals surface area contributed by atoms with Gasteiger partial charge in [-0.15, -0.1) is 0 Å². The number of nitrogens with zero attached hydrogens (tertiary/aromatic N) is 2. The Balaban J connectivity index is 2.12. The summed E-state index contributed by atoms with van der Waals surface area (Å²) in [4.78, 5) is 0.422. The molecule has 0 aliphatic rings. The molecule has 0 unspecified atom stereocenters. The van der Waals surface area contributed by atoms with Gasteiger partial charge in [-0.1, -0.05) is 0 Å². The van der Waals surface area contributed by atoms with Gasteiger partial charge in [-0.2, -0.15) is 5.10 Å². The van der Waals surface area contributed by atoms with Crippen molar-refractivity contribution in [3.8, 4) is 0 Å². The van der Waals surface area contributed by atoms with Crippen molar-refractivity contribution in [2.24, 2.45) is 0 Å². The fraction of sp³-hybridized carbons (Fsp3) is 0.500. The van der Waals surface area contributed by atoms with Crippen LogP contribution in [0.25, 0.3) is 0 Å². The van der Waals surface area contributed by atoms with E-state index in [4.69, 9.17) is 0 Å². The number of sulfonamides is 1. The standard InChI is InChI=1S/C18H26BrN3O2S/c1-11-12(2)14(4)18(15(5)13(11)3)25(23,24)20-8-7-9-22-10-17(19)16(6)21-22/h10,20H,7-9H2,1-6H3. The molecule has 1 N–H and O–H groups in total. The summed E-state index contributed by atoms with van der Waals surface area (Å²) in [5, 5.41) is 4.36. The molecule has 2 rings (SSSR count). The van der Waals surface area contributed by atoms with Gasteiger partial charge in [0.2, 0.25) is 10.0 Å². The Hall–Kier alpha value is -1.18. The van der Waals surface area contributed by atoms with Crippen LogP contribution < -0.4 is 4.72 Å². The number of hydrogen-bond acceptors (Lipinski definition) is 3. The Bertz CT molecular complexity index is 853. The SMILES string of the molecule is Cc1nn(CCCNS(=O)(=O)c2c(C)c(C)c(C)c(C)c2C)cc1Br. The zero-order valence-corrected chi connectivity index (χ0v) is 18.1. The minimum Gasteiger partial charge on any atom is -0.271 e. The summed E-state index contributed by atoms with van der Waals surface area (Å²) in [7, 11) is -3.53. The van der Waals surface area contributed by atoms with Crippen molar-refractivity contribution in [1.29, 1.82) is 0 Å². The van der Waals surface area contributed by atoms with Crippen molar-refractivity contribution in [3.63, 3.8) is 0 Å². The largest absolute Gasteiger partial charge is 0.271 e. The highest BCUT2D eigenvalue weighted by Crippen LogP contribution is 2.29. The first-order valence-corrected chi connectivity index (χ1v) is 10.6. The Morgan fingerprint density at radius 2 is 1.52 bits per heavy atom. The third-order valence-electron chi connectivity index (χ3n) is 4.94. The number of aromatic nitrogens is 2. The molecule has 0 aliphatic carbocycles. The fourth-order valence-corrected chi connectivity index (χ4v) is 4.98. The maximum atomic E-state index is 12.8. The highest BCUT2D eigenvalue weighted by molar-refractivity contribution is 9.10. The van der Waals surface area contributed by atoms with E-state index in [0.717, 1.165) is 38.0 Å². The first-order valence-electron chi connectivity index (χ1n) is 8.32. The summed E-state index contributed by atoms with van der Waals surface area (Å²) in [6.45, 7) is 12.7. The second-order valence-corrected chi connectivity index (χ2v) is 9.09. The zero-order valence-electron chi connectivity index (χ0n) is 15.7. The van der Waals surface area contributed by atoms with Gasteiger partial charge in [-0.05, 0) is 91.7 Å². The summed E-state index contributed by atoms with van der Waals surface area (Å²) >= 11 is 3.43. The lowest BCUT2D eigenvalue weighted by Gasteiger charge is -2.19. The van der Waals surface area contributed by atoms with Crippen LogP contribution in [0.5, 0.6) is 0 Å². The Labute approximate surface area is 159 Å². The Morgan fingerprint density at radius 3 is 2.00 bits per heavy atom. The quantitative estimate of drug-likeness (QED) is 0.711. The molecular formula is C18H26BrN3O2S. The average Bonchev–Trinajstić information content (AvgIpc) is 2.86. The molecule has 0 amide bonds. The minimum atomic E-state index is -3.53. The molecule has 0 fully saturated rings. The molecule has 0 bridgehead atoms. The number of aryl methyl sites for hydroxylation is 2. The highest BCUT2D eigenvalue weighted by atomic mass is 79.9. The number of nitrogens with one attached hydrogen (secondary N) is 1. The first kappa shape index (κ1) is 20.1. The summed E-state index contributed by atoms with van der Waals surface area (Å²) in [5.74, 6) is 0. The predicted octanol–water partition coefficient (Wildman–Crippen LogP) is 3.86. The lowest BCUT2D eigenvalue weighted by atomic mass is 9.95. The van der Waals surface area contributed by atoms with E-state index in [-0.39, 0.29) is 0 Å². The average molecular weight is 428 g/mol. The lowest BCUT2D eigenvalue weighted by Crippen LogP contribution is -2.27. The molecule has 1 heterocycles. The van der Waals surface area contributed by atoms with E-state index >= 15 is 0 Å². The van der Waals surface area contributed by atoms with E-state index in [9.17, 15) is 8.42 Å². The normalized spacial score (nSPS) is 12.0. The van der Waals surface area contributed by atoms with Crippen LogP contribution in [0.15, 0.2) is 15.6 Å². The molecule has 0 spiro atoms. The van der Waals surface area contributed by atoms with Crippen LogP contribution in [-0.2, 0) is 16.6 Å². The van der Waals surface area contributed by atoms with Crippen LogP contribution in [0.4, 0.5) is 0 Å². The molecule has 0 aliphatic heterocycles. The van der Waals surface area contributed by atoms with Gasteiger partial charge in [0.05, 0.1) is 15.1 Å². The van der Waals surface area contributed by atoms with Crippen LogP contribution in [0.2, 0.25) is 0 Å². The molecule has 0 saturated carbocycles. The number of halogens is 1.